The Balaban J connectivity index is 0.000001000. The quantitative estimate of drug-likeness (QED) is 0.724. The second-order valence-corrected chi connectivity index (χ2v) is 2.76. The van der Waals surface area contributed by atoms with Gasteiger partial charge < -0.3 is 0 Å². The highest BCUT2D eigenvalue weighted by atomic mass is 79.9. The Morgan fingerprint density at radius 3 is 2.27 bits per heavy atom. The van der Waals surface area contributed by atoms with Crippen LogP contribution >= 0.6 is 39.9 Å². The van der Waals surface area contributed by atoms with E-state index in [1.807, 2.05) is 0 Å². The normalized spacial score (nSPS) is 8.55. The lowest BCUT2D eigenvalue weighted by atomic mass is 10.6. The van der Waals surface area contributed by atoms with Crippen molar-refractivity contribution in [2.75, 3.05) is 0 Å². The van der Waals surface area contributed by atoms with Crippen LogP contribution in [0.5, 0.6) is 0 Å². The number of hydrogen-bond donors (Lipinski definition) is 0. The maximum atomic E-state index is 10.4. The molecule has 0 radical (unpaired) electrons. The lowest BCUT2D eigenvalue weighted by Crippen LogP contribution is -1.96. The molecule has 0 saturated heterocycles. The minimum absolute atomic E-state index is 0. The van der Waals surface area contributed by atoms with E-state index >= 15 is 0 Å². The van der Waals surface area contributed by atoms with Crippen LogP contribution in [0.3, 0.4) is 0 Å². The molecule has 11 heavy (non-hydrogen) atoms. The number of rotatable bonds is 1. The van der Waals surface area contributed by atoms with Crippen LogP contribution in [0.1, 0.15) is 10.6 Å². The Bertz CT molecular complexity index is 251. The molecule has 6 heteroatoms. The summed E-state index contributed by atoms with van der Waals surface area (Å²) in [5, 5.41) is -0.646. The highest BCUT2D eigenvalue weighted by Crippen LogP contribution is 2.05. The van der Waals surface area contributed by atoms with E-state index in [1.54, 1.807) is 0 Å². The van der Waals surface area contributed by atoms with Crippen molar-refractivity contribution in [3.8, 4) is 0 Å². The van der Waals surface area contributed by atoms with E-state index in [0.29, 0.717) is 4.47 Å². The Morgan fingerprint density at radius 2 is 1.91 bits per heavy atom. The fraction of sp³-hybridized carbons (Fsp3) is 0. The Morgan fingerprint density at radius 1 is 1.45 bits per heavy atom. The first-order valence-electron chi connectivity index (χ1n) is 2.37. The van der Waals surface area contributed by atoms with E-state index < -0.39 is 5.24 Å². The molecule has 1 aromatic rings. The van der Waals surface area contributed by atoms with Gasteiger partial charge in [0.25, 0.3) is 5.24 Å². The average molecular weight is 258 g/mol. The van der Waals surface area contributed by atoms with Crippen LogP contribution in [-0.2, 0) is 0 Å². The number of aromatic nitrogens is 2. The number of nitrogens with zero attached hydrogens (tertiary/aromatic N) is 2. The highest BCUT2D eigenvalue weighted by molar-refractivity contribution is 9.10. The standard InChI is InChI=1S/C5H2BrClN2O.ClH/c6-3-1-8-5(4(7)10)9-2-3;/h1-2H;1H. The second-order valence-electron chi connectivity index (χ2n) is 1.50. The van der Waals surface area contributed by atoms with Gasteiger partial charge in [-0.25, -0.2) is 9.97 Å². The predicted octanol–water partition coefficient (Wildman–Crippen LogP) is 2.04. The second kappa shape index (κ2) is 4.64. The third-order valence-electron chi connectivity index (χ3n) is 0.796. The first kappa shape index (κ1) is 10.8. The van der Waals surface area contributed by atoms with Gasteiger partial charge in [0.05, 0.1) is 4.47 Å². The number of carbonyl (C=O) groups is 1. The van der Waals surface area contributed by atoms with Crippen LogP contribution in [0, 0.1) is 0 Å². The van der Waals surface area contributed by atoms with Gasteiger partial charge in [0.15, 0.2) is 0 Å². The molecular weight excluding hydrogens is 255 g/mol. The molecule has 1 aromatic heterocycles. The minimum Gasteiger partial charge on any atom is -0.272 e. The van der Waals surface area contributed by atoms with E-state index in [9.17, 15) is 4.79 Å². The topological polar surface area (TPSA) is 42.9 Å². The molecule has 0 bridgehead atoms. The zero-order valence-electron chi connectivity index (χ0n) is 5.12. The van der Waals surface area contributed by atoms with Crippen molar-refractivity contribution >= 4 is 45.2 Å². The van der Waals surface area contributed by atoms with E-state index in [-0.39, 0.29) is 18.2 Å². The summed E-state index contributed by atoms with van der Waals surface area (Å²) < 4.78 is 0.717. The summed E-state index contributed by atoms with van der Waals surface area (Å²) in [5.74, 6) is 0.0184. The maximum absolute atomic E-state index is 10.4. The first-order valence-corrected chi connectivity index (χ1v) is 3.54. The molecule has 3 nitrogen and oxygen atoms in total. The fourth-order valence-electron chi connectivity index (χ4n) is 0.414. The Hall–Kier alpha value is -0.190. The first-order chi connectivity index (χ1) is 4.70. The van der Waals surface area contributed by atoms with E-state index in [4.69, 9.17) is 11.6 Å². The van der Waals surface area contributed by atoms with Crippen molar-refractivity contribution in [3.63, 3.8) is 0 Å². The third-order valence-corrected chi connectivity index (χ3v) is 1.37. The molecule has 0 aromatic carbocycles. The van der Waals surface area contributed by atoms with Gasteiger partial charge in [-0.05, 0) is 27.5 Å². The summed E-state index contributed by atoms with van der Waals surface area (Å²) in [7, 11) is 0. The van der Waals surface area contributed by atoms with Gasteiger partial charge in [-0.2, -0.15) is 0 Å². The molecule has 60 valence electrons. The van der Waals surface area contributed by atoms with Gasteiger partial charge in [-0.15, -0.1) is 12.4 Å². The van der Waals surface area contributed by atoms with Gasteiger partial charge in [-0.3, -0.25) is 4.79 Å². The van der Waals surface area contributed by atoms with Gasteiger partial charge in [0, 0.05) is 12.4 Å². The molecule has 0 aliphatic heterocycles. The summed E-state index contributed by atoms with van der Waals surface area (Å²) in [6.07, 6.45) is 2.92. The van der Waals surface area contributed by atoms with Gasteiger partial charge in [-0.1, -0.05) is 0 Å². The van der Waals surface area contributed by atoms with Crippen LogP contribution in [0.25, 0.3) is 0 Å². The number of hydrogen-bond acceptors (Lipinski definition) is 3. The third kappa shape index (κ3) is 3.14. The van der Waals surface area contributed by atoms with Crippen LogP contribution < -0.4 is 0 Å². The van der Waals surface area contributed by atoms with Crippen molar-refractivity contribution in [1.82, 2.24) is 9.97 Å². The molecular formula is C5H3BrCl2N2O. The van der Waals surface area contributed by atoms with Crippen molar-refractivity contribution in [1.29, 1.82) is 0 Å². The fourth-order valence-corrected chi connectivity index (χ4v) is 0.716. The minimum atomic E-state index is -0.646. The smallest absolute Gasteiger partial charge is 0.272 e. The average Bonchev–Trinajstić information content (AvgIpc) is 1.88. The van der Waals surface area contributed by atoms with Crippen molar-refractivity contribution < 1.29 is 4.79 Å². The van der Waals surface area contributed by atoms with Crippen LogP contribution in [0.15, 0.2) is 16.9 Å². The van der Waals surface area contributed by atoms with Crippen molar-refractivity contribution in [2.24, 2.45) is 0 Å². The van der Waals surface area contributed by atoms with Gasteiger partial charge >= 0.3 is 0 Å². The molecule has 0 aliphatic carbocycles. The molecule has 0 spiro atoms. The molecule has 0 N–H and O–H groups in total. The Labute approximate surface area is 82.7 Å². The van der Waals surface area contributed by atoms with E-state index in [0.717, 1.165) is 0 Å². The summed E-state index contributed by atoms with van der Waals surface area (Å²) in [4.78, 5) is 17.7. The van der Waals surface area contributed by atoms with Crippen molar-refractivity contribution in [2.45, 2.75) is 0 Å². The van der Waals surface area contributed by atoms with Crippen LogP contribution in [-0.4, -0.2) is 15.2 Å². The lowest BCUT2D eigenvalue weighted by molar-refractivity contribution is 0.107. The highest BCUT2D eigenvalue weighted by Gasteiger charge is 2.02. The maximum Gasteiger partial charge on any atom is 0.289 e. The molecule has 0 amide bonds. The summed E-state index contributed by atoms with van der Waals surface area (Å²) in [5.41, 5.74) is 0. The summed E-state index contributed by atoms with van der Waals surface area (Å²) in [6.45, 7) is 0. The summed E-state index contributed by atoms with van der Waals surface area (Å²) in [6, 6.07) is 0. The van der Waals surface area contributed by atoms with Crippen LogP contribution in [0.2, 0.25) is 0 Å². The molecule has 1 rings (SSSR count). The molecule has 0 unspecified atom stereocenters. The van der Waals surface area contributed by atoms with Crippen LogP contribution in [0.4, 0.5) is 0 Å². The predicted molar refractivity (Wildman–Crippen MR) is 47.2 cm³/mol. The molecule has 0 saturated carbocycles. The Kier molecular flexibility index (Phi) is 4.56. The number of halogens is 3. The zero-order chi connectivity index (χ0) is 7.56. The van der Waals surface area contributed by atoms with E-state index in [1.165, 1.54) is 12.4 Å². The monoisotopic (exact) mass is 256 g/mol. The molecule has 0 atom stereocenters. The molecule has 0 fully saturated rings. The van der Waals surface area contributed by atoms with E-state index in [2.05, 4.69) is 25.9 Å². The van der Waals surface area contributed by atoms with Gasteiger partial charge in [0.1, 0.15) is 0 Å². The summed E-state index contributed by atoms with van der Waals surface area (Å²) >= 11 is 8.19. The largest absolute Gasteiger partial charge is 0.289 e. The van der Waals surface area contributed by atoms with Crippen molar-refractivity contribution in [3.05, 3.63) is 22.7 Å². The molecule has 0 aliphatic rings. The zero-order valence-corrected chi connectivity index (χ0v) is 8.28. The SMILES string of the molecule is Cl.O=C(Cl)c1ncc(Br)cn1. The lowest BCUT2D eigenvalue weighted by Gasteiger charge is -1.89. The number of carbonyl (C=O) groups excluding carboxylic acids is 1. The van der Waals surface area contributed by atoms with Gasteiger partial charge in [0.2, 0.25) is 5.82 Å². The molecule has 1 heterocycles.